The first kappa shape index (κ1) is 19.4. The molecule has 1 saturated heterocycles. The van der Waals surface area contributed by atoms with Gasteiger partial charge in [-0.05, 0) is 36.7 Å². The van der Waals surface area contributed by atoms with Crippen LogP contribution in [0, 0.1) is 0 Å². The normalized spacial score (nSPS) is 17.2. The first-order valence-electron chi connectivity index (χ1n) is 9.49. The fourth-order valence-electron chi connectivity index (χ4n) is 3.55. The molecule has 27 heavy (non-hydrogen) atoms. The summed E-state index contributed by atoms with van der Waals surface area (Å²) in [5, 5.41) is 3.19. The topological polar surface area (TPSA) is 44.8 Å². The molecule has 0 aliphatic carbocycles. The minimum absolute atomic E-state index is 0.0950. The van der Waals surface area contributed by atoms with Gasteiger partial charge in [0.2, 0.25) is 5.91 Å². The van der Waals surface area contributed by atoms with E-state index in [0.717, 1.165) is 38.3 Å². The molecule has 1 fully saturated rings. The highest BCUT2D eigenvalue weighted by Crippen LogP contribution is 2.14. The smallest absolute Gasteiger partial charge is 0.234 e. The molecule has 1 N–H and O–H groups in total. The molecule has 3 rings (SSSR count). The second kappa shape index (κ2) is 9.53. The van der Waals surface area contributed by atoms with Crippen LogP contribution in [-0.2, 0) is 17.9 Å². The number of carbonyl (C=O) groups excluding carboxylic acids is 1. The van der Waals surface area contributed by atoms with Gasteiger partial charge in [0.1, 0.15) is 5.75 Å². The van der Waals surface area contributed by atoms with Crippen molar-refractivity contribution in [2.45, 2.75) is 25.6 Å². The number of rotatable bonds is 8. The van der Waals surface area contributed by atoms with Crippen molar-refractivity contribution in [1.29, 1.82) is 0 Å². The lowest BCUT2D eigenvalue weighted by Gasteiger charge is -2.19. The molecule has 0 bridgehead atoms. The zero-order valence-corrected chi connectivity index (χ0v) is 16.2. The van der Waals surface area contributed by atoms with Crippen LogP contribution in [0.2, 0.25) is 0 Å². The number of hydrogen-bond acceptors (Lipinski definition) is 4. The molecule has 0 unspecified atom stereocenters. The Morgan fingerprint density at radius 3 is 2.59 bits per heavy atom. The summed E-state index contributed by atoms with van der Waals surface area (Å²) in [6, 6.07) is 18.7. The van der Waals surface area contributed by atoms with Gasteiger partial charge in [0, 0.05) is 32.2 Å². The van der Waals surface area contributed by atoms with Gasteiger partial charge in [-0.3, -0.25) is 14.6 Å². The SMILES string of the molecule is COc1ccc(CN(C)CC(=O)N[C@H]2CCN(Cc3ccccc3)C2)cc1. The predicted octanol–water partition coefficient (Wildman–Crippen LogP) is 2.52. The Morgan fingerprint density at radius 1 is 1.15 bits per heavy atom. The van der Waals surface area contributed by atoms with Crippen molar-refractivity contribution in [3.05, 3.63) is 65.7 Å². The Hall–Kier alpha value is -2.37. The van der Waals surface area contributed by atoms with E-state index in [2.05, 4.69) is 34.5 Å². The van der Waals surface area contributed by atoms with E-state index in [1.807, 2.05) is 42.3 Å². The van der Waals surface area contributed by atoms with Gasteiger partial charge < -0.3 is 10.1 Å². The fourth-order valence-corrected chi connectivity index (χ4v) is 3.55. The molecule has 0 aromatic heterocycles. The fraction of sp³-hybridized carbons (Fsp3) is 0.409. The Labute approximate surface area is 161 Å². The first-order chi connectivity index (χ1) is 13.1. The third-order valence-corrected chi connectivity index (χ3v) is 4.91. The van der Waals surface area contributed by atoms with Gasteiger partial charge in [-0.2, -0.15) is 0 Å². The zero-order chi connectivity index (χ0) is 19.1. The summed E-state index contributed by atoms with van der Waals surface area (Å²) in [6.07, 6.45) is 1.01. The van der Waals surface area contributed by atoms with Crippen LogP contribution in [0.4, 0.5) is 0 Å². The largest absolute Gasteiger partial charge is 0.497 e. The second-order valence-electron chi connectivity index (χ2n) is 7.29. The summed E-state index contributed by atoms with van der Waals surface area (Å²) < 4.78 is 5.18. The first-order valence-corrected chi connectivity index (χ1v) is 9.49. The molecular formula is C22H29N3O2. The van der Waals surface area contributed by atoms with Crippen molar-refractivity contribution in [2.24, 2.45) is 0 Å². The van der Waals surface area contributed by atoms with Gasteiger partial charge in [-0.15, -0.1) is 0 Å². The maximum Gasteiger partial charge on any atom is 0.234 e. The van der Waals surface area contributed by atoms with Gasteiger partial charge >= 0.3 is 0 Å². The number of likely N-dealkylation sites (tertiary alicyclic amines) is 1. The van der Waals surface area contributed by atoms with Crippen LogP contribution >= 0.6 is 0 Å². The summed E-state index contributed by atoms with van der Waals surface area (Å²) in [7, 11) is 3.63. The van der Waals surface area contributed by atoms with Crippen molar-refractivity contribution < 1.29 is 9.53 Å². The van der Waals surface area contributed by atoms with Crippen molar-refractivity contribution in [2.75, 3.05) is 33.8 Å². The number of likely N-dealkylation sites (N-methyl/N-ethyl adjacent to an activating group) is 1. The predicted molar refractivity (Wildman–Crippen MR) is 108 cm³/mol. The van der Waals surface area contributed by atoms with Crippen molar-refractivity contribution >= 4 is 5.91 Å². The lowest BCUT2D eigenvalue weighted by Crippen LogP contribution is -2.42. The van der Waals surface area contributed by atoms with E-state index in [1.54, 1.807) is 7.11 Å². The van der Waals surface area contributed by atoms with E-state index in [4.69, 9.17) is 4.74 Å². The maximum atomic E-state index is 12.4. The molecule has 0 radical (unpaired) electrons. The summed E-state index contributed by atoms with van der Waals surface area (Å²) in [5.74, 6) is 0.943. The Bertz CT molecular complexity index is 718. The third kappa shape index (κ3) is 6.08. The standard InChI is InChI=1S/C22H29N3O2/c1-24(14-19-8-10-21(27-2)11-9-19)17-22(26)23-20-12-13-25(16-20)15-18-6-4-3-5-7-18/h3-11,20H,12-17H2,1-2H3,(H,23,26)/t20-/m0/s1. The minimum atomic E-state index is 0.0950. The second-order valence-corrected chi connectivity index (χ2v) is 7.29. The Kier molecular flexibility index (Phi) is 6.85. The molecule has 144 valence electrons. The van der Waals surface area contributed by atoms with Crippen LogP contribution in [-0.4, -0.2) is 55.5 Å². The number of nitrogens with zero attached hydrogens (tertiary/aromatic N) is 2. The number of ether oxygens (including phenoxy) is 1. The average Bonchev–Trinajstić information content (AvgIpc) is 3.09. The zero-order valence-electron chi connectivity index (χ0n) is 16.2. The van der Waals surface area contributed by atoms with Gasteiger partial charge in [0.25, 0.3) is 0 Å². The molecule has 2 aromatic carbocycles. The van der Waals surface area contributed by atoms with Crippen LogP contribution in [0.5, 0.6) is 5.75 Å². The molecule has 0 saturated carbocycles. The number of carbonyl (C=O) groups is 1. The van der Waals surface area contributed by atoms with Crippen LogP contribution in [0.15, 0.2) is 54.6 Å². The van der Waals surface area contributed by atoms with E-state index in [9.17, 15) is 4.79 Å². The average molecular weight is 367 g/mol. The highest BCUT2D eigenvalue weighted by molar-refractivity contribution is 5.78. The summed E-state index contributed by atoms with van der Waals surface area (Å²) in [5.41, 5.74) is 2.49. The van der Waals surface area contributed by atoms with Gasteiger partial charge in [0.15, 0.2) is 0 Å². The van der Waals surface area contributed by atoms with Crippen LogP contribution in [0.3, 0.4) is 0 Å². The number of methoxy groups -OCH3 is 1. The number of hydrogen-bond donors (Lipinski definition) is 1. The summed E-state index contributed by atoms with van der Waals surface area (Å²) in [4.78, 5) is 16.8. The van der Waals surface area contributed by atoms with Crippen molar-refractivity contribution in [3.8, 4) is 5.75 Å². The third-order valence-electron chi connectivity index (χ3n) is 4.91. The lowest BCUT2D eigenvalue weighted by molar-refractivity contribution is -0.122. The molecule has 1 amide bonds. The van der Waals surface area contributed by atoms with Crippen molar-refractivity contribution in [1.82, 2.24) is 15.1 Å². The molecule has 5 nitrogen and oxygen atoms in total. The number of nitrogens with one attached hydrogen (secondary N) is 1. The summed E-state index contributed by atoms with van der Waals surface area (Å²) >= 11 is 0. The quantitative estimate of drug-likeness (QED) is 0.779. The van der Waals surface area contributed by atoms with E-state index in [1.165, 1.54) is 11.1 Å². The number of amides is 1. The molecule has 1 aliphatic rings. The monoisotopic (exact) mass is 367 g/mol. The molecule has 5 heteroatoms. The highest BCUT2D eigenvalue weighted by Gasteiger charge is 2.24. The molecule has 1 atom stereocenters. The Balaban J connectivity index is 1.39. The molecule has 0 spiro atoms. The maximum absolute atomic E-state index is 12.4. The molecular weight excluding hydrogens is 338 g/mol. The van der Waals surface area contributed by atoms with E-state index in [0.29, 0.717) is 6.54 Å². The van der Waals surface area contributed by atoms with E-state index in [-0.39, 0.29) is 11.9 Å². The van der Waals surface area contributed by atoms with Gasteiger partial charge in [-0.25, -0.2) is 0 Å². The molecule has 1 heterocycles. The van der Waals surface area contributed by atoms with Crippen LogP contribution in [0.1, 0.15) is 17.5 Å². The van der Waals surface area contributed by atoms with Gasteiger partial charge in [-0.1, -0.05) is 42.5 Å². The van der Waals surface area contributed by atoms with E-state index < -0.39 is 0 Å². The van der Waals surface area contributed by atoms with Crippen molar-refractivity contribution in [3.63, 3.8) is 0 Å². The van der Waals surface area contributed by atoms with Gasteiger partial charge in [0.05, 0.1) is 13.7 Å². The van der Waals surface area contributed by atoms with Crippen LogP contribution in [0.25, 0.3) is 0 Å². The molecule has 2 aromatic rings. The molecule has 1 aliphatic heterocycles. The van der Waals surface area contributed by atoms with Crippen LogP contribution < -0.4 is 10.1 Å². The summed E-state index contributed by atoms with van der Waals surface area (Å²) in [6.45, 7) is 4.04. The number of benzene rings is 2. The Morgan fingerprint density at radius 2 is 1.89 bits per heavy atom. The minimum Gasteiger partial charge on any atom is -0.497 e. The van der Waals surface area contributed by atoms with E-state index >= 15 is 0 Å². The lowest BCUT2D eigenvalue weighted by atomic mass is 10.2. The highest BCUT2D eigenvalue weighted by atomic mass is 16.5.